The molecule has 0 aliphatic rings. The van der Waals surface area contributed by atoms with E-state index in [1.54, 1.807) is 18.4 Å². The van der Waals surface area contributed by atoms with Crippen LogP contribution in [0.15, 0.2) is 23.6 Å². The Morgan fingerprint density at radius 1 is 1.44 bits per heavy atom. The van der Waals surface area contributed by atoms with Gasteiger partial charge in [-0.15, -0.1) is 11.3 Å². The number of aromatic nitrogens is 1. The van der Waals surface area contributed by atoms with Gasteiger partial charge in [0.2, 0.25) is 0 Å². The van der Waals surface area contributed by atoms with Crippen LogP contribution in [-0.4, -0.2) is 18.6 Å². The molecule has 18 heavy (non-hydrogen) atoms. The number of nitrogens with zero attached hydrogens (tertiary/aromatic N) is 1. The Morgan fingerprint density at radius 2 is 2.28 bits per heavy atom. The van der Waals surface area contributed by atoms with Crippen molar-refractivity contribution < 1.29 is 4.74 Å². The van der Waals surface area contributed by atoms with Crippen molar-refractivity contribution in [3.05, 3.63) is 34.3 Å². The van der Waals surface area contributed by atoms with Crippen molar-refractivity contribution in [1.82, 2.24) is 10.3 Å². The summed E-state index contributed by atoms with van der Waals surface area (Å²) in [6.45, 7) is 3.82. The van der Waals surface area contributed by atoms with Crippen LogP contribution in [0.5, 0.6) is 5.75 Å². The lowest BCUT2D eigenvalue weighted by molar-refractivity contribution is 0.416. The van der Waals surface area contributed by atoms with E-state index in [-0.39, 0.29) is 0 Å². The maximum atomic E-state index is 5.95. The number of ether oxygens (including phenoxy) is 1. The minimum absolute atomic E-state index is 0.667. The highest BCUT2D eigenvalue weighted by atomic mass is 35.5. The first-order chi connectivity index (χ1) is 8.74. The number of rotatable bonds is 5. The Labute approximate surface area is 116 Å². The van der Waals surface area contributed by atoms with Gasteiger partial charge >= 0.3 is 0 Å². The van der Waals surface area contributed by atoms with Gasteiger partial charge in [0.1, 0.15) is 10.8 Å². The van der Waals surface area contributed by atoms with Crippen molar-refractivity contribution in [3.63, 3.8) is 0 Å². The molecule has 0 radical (unpaired) electrons. The first kappa shape index (κ1) is 13.3. The number of thiazole rings is 1. The molecule has 1 aromatic heterocycles. The number of hydrogen-bond acceptors (Lipinski definition) is 4. The van der Waals surface area contributed by atoms with Crippen LogP contribution in [0.1, 0.15) is 12.6 Å². The molecule has 3 nitrogen and oxygen atoms in total. The molecular weight excluding hydrogens is 268 g/mol. The molecule has 0 saturated carbocycles. The molecule has 0 atom stereocenters. The molecule has 0 amide bonds. The summed E-state index contributed by atoms with van der Waals surface area (Å²) in [5, 5.41) is 6.94. The maximum absolute atomic E-state index is 5.95. The van der Waals surface area contributed by atoms with Crippen molar-refractivity contribution in [2.45, 2.75) is 13.5 Å². The fourth-order valence-corrected chi connectivity index (χ4v) is 2.62. The topological polar surface area (TPSA) is 34.1 Å². The SMILES string of the molecule is CCNCc1csc(-c2ccc(Cl)cc2OC)n1. The second-order valence-corrected chi connectivity index (χ2v) is 5.06. The van der Waals surface area contributed by atoms with Crippen LogP contribution in [0, 0.1) is 0 Å². The molecule has 0 saturated heterocycles. The number of benzene rings is 1. The van der Waals surface area contributed by atoms with E-state index in [9.17, 15) is 0 Å². The fourth-order valence-electron chi connectivity index (χ4n) is 1.61. The van der Waals surface area contributed by atoms with Crippen LogP contribution >= 0.6 is 22.9 Å². The fraction of sp³-hybridized carbons (Fsp3) is 0.308. The van der Waals surface area contributed by atoms with E-state index in [0.29, 0.717) is 5.02 Å². The van der Waals surface area contributed by atoms with Gasteiger partial charge in [0.15, 0.2) is 0 Å². The second-order valence-electron chi connectivity index (χ2n) is 3.77. The Morgan fingerprint density at radius 3 is 3.00 bits per heavy atom. The molecule has 5 heteroatoms. The van der Waals surface area contributed by atoms with E-state index in [4.69, 9.17) is 16.3 Å². The highest BCUT2D eigenvalue weighted by molar-refractivity contribution is 7.13. The average molecular weight is 283 g/mol. The van der Waals surface area contributed by atoms with Crippen LogP contribution in [0.4, 0.5) is 0 Å². The van der Waals surface area contributed by atoms with E-state index < -0.39 is 0 Å². The van der Waals surface area contributed by atoms with Crippen molar-refractivity contribution in [2.24, 2.45) is 0 Å². The molecule has 2 rings (SSSR count). The summed E-state index contributed by atoms with van der Waals surface area (Å²) in [5.74, 6) is 0.756. The zero-order valence-corrected chi connectivity index (χ0v) is 11.9. The lowest BCUT2D eigenvalue weighted by Crippen LogP contribution is -2.11. The van der Waals surface area contributed by atoms with E-state index in [2.05, 4.69) is 22.6 Å². The van der Waals surface area contributed by atoms with Gasteiger partial charge in [0.25, 0.3) is 0 Å². The van der Waals surface area contributed by atoms with Crippen LogP contribution in [-0.2, 0) is 6.54 Å². The third-order valence-corrected chi connectivity index (χ3v) is 3.66. The first-order valence-electron chi connectivity index (χ1n) is 5.73. The van der Waals surface area contributed by atoms with Gasteiger partial charge in [-0.3, -0.25) is 0 Å². The summed E-state index contributed by atoms with van der Waals surface area (Å²) in [4.78, 5) is 4.59. The number of methoxy groups -OCH3 is 1. The molecule has 2 aromatic rings. The monoisotopic (exact) mass is 282 g/mol. The molecule has 0 aliphatic heterocycles. The van der Waals surface area contributed by atoms with Crippen molar-refractivity contribution in [3.8, 4) is 16.3 Å². The van der Waals surface area contributed by atoms with E-state index in [0.717, 1.165) is 35.1 Å². The second kappa shape index (κ2) is 6.18. The normalized spacial score (nSPS) is 10.6. The van der Waals surface area contributed by atoms with Crippen molar-refractivity contribution >= 4 is 22.9 Å². The predicted octanol–water partition coefficient (Wildman–Crippen LogP) is 3.58. The Hall–Kier alpha value is -1.10. The highest BCUT2D eigenvalue weighted by Gasteiger charge is 2.10. The molecule has 0 spiro atoms. The van der Waals surface area contributed by atoms with Crippen molar-refractivity contribution in [1.29, 1.82) is 0 Å². The van der Waals surface area contributed by atoms with Gasteiger partial charge in [-0.25, -0.2) is 4.98 Å². The first-order valence-corrected chi connectivity index (χ1v) is 6.99. The largest absolute Gasteiger partial charge is 0.496 e. The minimum atomic E-state index is 0.667. The number of hydrogen-bond donors (Lipinski definition) is 1. The predicted molar refractivity (Wildman–Crippen MR) is 76.5 cm³/mol. The van der Waals surface area contributed by atoms with Crippen LogP contribution in [0.25, 0.3) is 10.6 Å². The lowest BCUT2D eigenvalue weighted by atomic mass is 10.2. The Balaban J connectivity index is 2.28. The van der Waals surface area contributed by atoms with Gasteiger partial charge in [-0.05, 0) is 24.7 Å². The molecule has 1 N–H and O–H groups in total. The minimum Gasteiger partial charge on any atom is -0.496 e. The van der Waals surface area contributed by atoms with Gasteiger partial charge in [0.05, 0.1) is 18.4 Å². The highest BCUT2D eigenvalue weighted by Crippen LogP contribution is 2.34. The summed E-state index contributed by atoms with van der Waals surface area (Å²) >= 11 is 7.56. The average Bonchev–Trinajstić information content (AvgIpc) is 2.84. The van der Waals surface area contributed by atoms with Gasteiger partial charge < -0.3 is 10.1 Å². The standard InChI is InChI=1S/C13H15ClN2OS/c1-3-15-7-10-8-18-13(16-10)11-5-4-9(14)6-12(11)17-2/h4-6,8,15H,3,7H2,1-2H3. The Bertz CT molecular complexity index is 527. The van der Waals surface area contributed by atoms with Crippen LogP contribution in [0.2, 0.25) is 5.02 Å². The quantitative estimate of drug-likeness (QED) is 0.910. The third kappa shape index (κ3) is 3.02. The van der Waals surface area contributed by atoms with Crippen LogP contribution in [0.3, 0.4) is 0 Å². The zero-order valence-electron chi connectivity index (χ0n) is 10.4. The van der Waals surface area contributed by atoms with Crippen LogP contribution < -0.4 is 10.1 Å². The molecule has 0 bridgehead atoms. The van der Waals surface area contributed by atoms with E-state index in [1.165, 1.54) is 0 Å². The summed E-state index contributed by atoms with van der Waals surface area (Å²) in [5.41, 5.74) is 2.03. The summed E-state index contributed by atoms with van der Waals surface area (Å²) < 4.78 is 5.34. The zero-order chi connectivity index (χ0) is 13.0. The van der Waals surface area contributed by atoms with E-state index >= 15 is 0 Å². The summed E-state index contributed by atoms with van der Waals surface area (Å²) in [7, 11) is 1.64. The molecule has 96 valence electrons. The molecular formula is C13H15ClN2OS. The smallest absolute Gasteiger partial charge is 0.130 e. The summed E-state index contributed by atoms with van der Waals surface area (Å²) in [6, 6.07) is 5.60. The number of halogens is 1. The summed E-state index contributed by atoms with van der Waals surface area (Å²) in [6.07, 6.45) is 0. The molecule has 0 fully saturated rings. The molecule has 1 heterocycles. The lowest BCUT2D eigenvalue weighted by Gasteiger charge is -2.06. The van der Waals surface area contributed by atoms with Gasteiger partial charge in [0, 0.05) is 16.9 Å². The van der Waals surface area contributed by atoms with E-state index in [1.807, 2.05) is 18.2 Å². The van der Waals surface area contributed by atoms with Gasteiger partial charge in [-0.2, -0.15) is 0 Å². The third-order valence-electron chi connectivity index (χ3n) is 2.50. The maximum Gasteiger partial charge on any atom is 0.130 e. The molecule has 0 unspecified atom stereocenters. The molecule has 0 aliphatic carbocycles. The Kier molecular flexibility index (Phi) is 4.58. The molecule has 1 aromatic carbocycles. The number of nitrogens with one attached hydrogen (secondary N) is 1. The van der Waals surface area contributed by atoms with Crippen molar-refractivity contribution in [2.75, 3.05) is 13.7 Å². The van der Waals surface area contributed by atoms with Gasteiger partial charge in [-0.1, -0.05) is 18.5 Å².